The number of nitrogens with one attached hydrogen (secondary N) is 3. The topological polar surface area (TPSA) is 78.4 Å². The maximum atomic E-state index is 12.6. The number of rotatable bonds is 7. The van der Waals surface area contributed by atoms with Crippen LogP contribution in [0.5, 0.6) is 0 Å². The number of guanidine groups is 1. The van der Waals surface area contributed by atoms with Crippen molar-refractivity contribution in [2.45, 2.75) is 33.0 Å². The average molecular weight is 541 g/mol. The Morgan fingerprint density at radius 2 is 2.03 bits per heavy atom. The standard InChI is InChI=1S/C18H22F3N5OS.HI/c1-3-22-17(23-8-7-16-26-15(11-28-16)18(19,20)21)24-10-13-5-4-6-14(9-13)25-12(2)27;/h4-6,9,11H,3,7-8,10H2,1-2H3,(H,25,27)(H2,22,23,24);1H. The van der Waals surface area contributed by atoms with Crippen molar-refractivity contribution in [1.82, 2.24) is 15.6 Å². The molecule has 0 saturated heterocycles. The first kappa shape index (κ1) is 25.1. The lowest BCUT2D eigenvalue weighted by atomic mass is 10.2. The van der Waals surface area contributed by atoms with Gasteiger partial charge in [-0.2, -0.15) is 13.2 Å². The highest BCUT2D eigenvalue weighted by Gasteiger charge is 2.33. The minimum atomic E-state index is -4.41. The quantitative estimate of drug-likeness (QED) is 0.281. The first-order valence-electron chi connectivity index (χ1n) is 8.68. The van der Waals surface area contributed by atoms with Crippen LogP contribution in [-0.4, -0.2) is 29.9 Å². The molecule has 0 unspecified atom stereocenters. The van der Waals surface area contributed by atoms with Crippen LogP contribution < -0.4 is 16.0 Å². The molecule has 1 amide bonds. The Morgan fingerprint density at radius 3 is 2.66 bits per heavy atom. The molecule has 2 aromatic rings. The predicted octanol–water partition coefficient (Wildman–Crippen LogP) is 4.04. The van der Waals surface area contributed by atoms with Crippen LogP contribution >= 0.6 is 35.3 Å². The zero-order valence-electron chi connectivity index (χ0n) is 16.0. The van der Waals surface area contributed by atoms with Crippen molar-refractivity contribution in [2.75, 3.05) is 18.4 Å². The molecule has 0 aliphatic carbocycles. The number of aliphatic imine (C=N–C) groups is 1. The summed E-state index contributed by atoms with van der Waals surface area (Å²) in [5.74, 6) is 0.409. The third-order valence-corrected chi connectivity index (χ3v) is 4.39. The number of alkyl halides is 3. The van der Waals surface area contributed by atoms with Crippen LogP contribution in [0, 0.1) is 0 Å². The molecule has 1 heterocycles. The van der Waals surface area contributed by atoms with Crippen LogP contribution in [0.3, 0.4) is 0 Å². The van der Waals surface area contributed by atoms with Gasteiger partial charge in [0.25, 0.3) is 0 Å². The monoisotopic (exact) mass is 541 g/mol. The third kappa shape index (κ3) is 8.98. The van der Waals surface area contributed by atoms with Crippen LogP contribution in [0.25, 0.3) is 0 Å². The molecule has 0 spiro atoms. The first-order chi connectivity index (χ1) is 13.3. The van der Waals surface area contributed by atoms with E-state index in [0.717, 1.165) is 22.3 Å². The summed E-state index contributed by atoms with van der Waals surface area (Å²) in [6, 6.07) is 7.35. The van der Waals surface area contributed by atoms with Crippen molar-refractivity contribution in [3.63, 3.8) is 0 Å². The van der Waals surface area contributed by atoms with Crippen LogP contribution in [0.1, 0.15) is 30.1 Å². The molecule has 0 aliphatic rings. The van der Waals surface area contributed by atoms with E-state index in [1.54, 1.807) is 6.07 Å². The Bertz CT molecular complexity index is 826. The molecular formula is C18H23F3IN5OS. The highest BCUT2D eigenvalue weighted by molar-refractivity contribution is 14.0. The molecule has 160 valence electrons. The number of amides is 1. The summed E-state index contributed by atoms with van der Waals surface area (Å²) in [6.07, 6.45) is -4.05. The molecule has 0 bridgehead atoms. The van der Waals surface area contributed by atoms with E-state index in [9.17, 15) is 18.0 Å². The fourth-order valence-electron chi connectivity index (χ4n) is 2.31. The number of carbonyl (C=O) groups excluding carboxylic acids is 1. The summed E-state index contributed by atoms with van der Waals surface area (Å²) >= 11 is 0.992. The van der Waals surface area contributed by atoms with E-state index in [1.807, 2.05) is 25.1 Å². The van der Waals surface area contributed by atoms with E-state index in [0.29, 0.717) is 42.7 Å². The molecule has 1 aromatic heterocycles. The zero-order chi connectivity index (χ0) is 20.6. The van der Waals surface area contributed by atoms with Crippen molar-refractivity contribution >= 4 is 52.9 Å². The van der Waals surface area contributed by atoms with E-state index in [2.05, 4.69) is 25.9 Å². The van der Waals surface area contributed by atoms with Gasteiger partial charge in [0.15, 0.2) is 11.7 Å². The van der Waals surface area contributed by atoms with Crippen molar-refractivity contribution in [3.05, 3.63) is 45.9 Å². The second-order valence-electron chi connectivity index (χ2n) is 5.88. The Morgan fingerprint density at radius 1 is 1.28 bits per heavy atom. The van der Waals surface area contributed by atoms with E-state index in [4.69, 9.17) is 0 Å². The number of thiazole rings is 1. The number of carbonyl (C=O) groups is 1. The van der Waals surface area contributed by atoms with Crippen molar-refractivity contribution in [2.24, 2.45) is 4.99 Å². The fourth-order valence-corrected chi connectivity index (χ4v) is 3.11. The van der Waals surface area contributed by atoms with E-state index < -0.39 is 11.9 Å². The molecule has 0 aliphatic heterocycles. The summed E-state index contributed by atoms with van der Waals surface area (Å²) in [4.78, 5) is 19.2. The van der Waals surface area contributed by atoms with Gasteiger partial charge in [-0.15, -0.1) is 35.3 Å². The molecule has 0 saturated carbocycles. The summed E-state index contributed by atoms with van der Waals surface area (Å²) in [5, 5.41) is 10.3. The number of aromatic nitrogens is 1. The maximum absolute atomic E-state index is 12.6. The third-order valence-electron chi connectivity index (χ3n) is 3.48. The number of halogens is 4. The van der Waals surface area contributed by atoms with Crippen LogP contribution in [0.2, 0.25) is 0 Å². The number of hydrogen-bond acceptors (Lipinski definition) is 4. The average Bonchev–Trinajstić information content (AvgIpc) is 3.09. The predicted molar refractivity (Wildman–Crippen MR) is 120 cm³/mol. The fraction of sp³-hybridized carbons (Fsp3) is 0.389. The van der Waals surface area contributed by atoms with Crippen molar-refractivity contribution in [1.29, 1.82) is 0 Å². The van der Waals surface area contributed by atoms with E-state index >= 15 is 0 Å². The number of benzene rings is 1. The van der Waals surface area contributed by atoms with Gasteiger partial charge in [-0.3, -0.25) is 4.79 Å². The van der Waals surface area contributed by atoms with Gasteiger partial charge in [0.1, 0.15) is 0 Å². The van der Waals surface area contributed by atoms with Gasteiger partial charge >= 0.3 is 6.18 Å². The van der Waals surface area contributed by atoms with Gasteiger partial charge in [-0.1, -0.05) is 12.1 Å². The molecule has 0 fully saturated rings. The molecule has 1 aromatic carbocycles. The normalized spacial score (nSPS) is 11.6. The van der Waals surface area contributed by atoms with Gasteiger partial charge in [0, 0.05) is 37.5 Å². The van der Waals surface area contributed by atoms with Crippen molar-refractivity contribution in [3.8, 4) is 0 Å². The maximum Gasteiger partial charge on any atom is 0.434 e. The SMILES string of the molecule is CCNC(=NCc1cccc(NC(C)=O)c1)NCCc1nc(C(F)(F)F)cs1.I. The molecule has 29 heavy (non-hydrogen) atoms. The molecular weight excluding hydrogens is 518 g/mol. The minimum Gasteiger partial charge on any atom is -0.357 e. The summed E-state index contributed by atoms with van der Waals surface area (Å²) in [5.41, 5.74) is 0.757. The molecule has 3 N–H and O–H groups in total. The van der Waals surface area contributed by atoms with Crippen LogP contribution in [-0.2, 0) is 23.9 Å². The minimum absolute atomic E-state index is 0. The Kier molecular flexibility index (Phi) is 10.4. The Balaban J connectivity index is 0.00000420. The van der Waals surface area contributed by atoms with Crippen molar-refractivity contribution < 1.29 is 18.0 Å². The van der Waals surface area contributed by atoms with Gasteiger partial charge in [0.05, 0.1) is 11.6 Å². The number of hydrogen-bond donors (Lipinski definition) is 3. The molecule has 0 atom stereocenters. The second-order valence-corrected chi connectivity index (χ2v) is 6.82. The van der Waals surface area contributed by atoms with E-state index in [1.165, 1.54) is 6.92 Å². The molecule has 6 nitrogen and oxygen atoms in total. The second kappa shape index (κ2) is 12.0. The van der Waals surface area contributed by atoms with Gasteiger partial charge < -0.3 is 16.0 Å². The Hall–Kier alpha value is -1.89. The van der Waals surface area contributed by atoms with Gasteiger partial charge in [-0.05, 0) is 24.6 Å². The molecule has 2 rings (SSSR count). The van der Waals surface area contributed by atoms with Gasteiger partial charge in [-0.25, -0.2) is 9.98 Å². The first-order valence-corrected chi connectivity index (χ1v) is 9.56. The number of nitrogens with zero attached hydrogens (tertiary/aromatic N) is 2. The molecule has 0 radical (unpaired) electrons. The smallest absolute Gasteiger partial charge is 0.357 e. The molecule has 11 heteroatoms. The lowest BCUT2D eigenvalue weighted by molar-refractivity contribution is -0.140. The summed E-state index contributed by atoms with van der Waals surface area (Å²) in [6.45, 7) is 4.80. The largest absolute Gasteiger partial charge is 0.434 e. The highest BCUT2D eigenvalue weighted by atomic mass is 127. The Labute approximate surface area is 188 Å². The number of anilines is 1. The van der Waals surface area contributed by atoms with Crippen LogP contribution in [0.4, 0.5) is 18.9 Å². The van der Waals surface area contributed by atoms with Gasteiger partial charge in [0.2, 0.25) is 5.91 Å². The van der Waals surface area contributed by atoms with Crippen LogP contribution in [0.15, 0.2) is 34.6 Å². The van der Waals surface area contributed by atoms with E-state index in [-0.39, 0.29) is 29.9 Å². The highest BCUT2D eigenvalue weighted by Crippen LogP contribution is 2.29. The lowest BCUT2D eigenvalue weighted by Crippen LogP contribution is -2.38. The lowest BCUT2D eigenvalue weighted by Gasteiger charge is -2.11. The summed E-state index contributed by atoms with van der Waals surface area (Å²) in [7, 11) is 0. The summed E-state index contributed by atoms with van der Waals surface area (Å²) < 4.78 is 37.8. The zero-order valence-corrected chi connectivity index (χ0v) is 19.1.